The van der Waals surface area contributed by atoms with E-state index in [1.807, 2.05) is 0 Å². The third-order valence-corrected chi connectivity index (χ3v) is 4.63. The molecule has 1 saturated heterocycles. The molecule has 1 N–H and O–H groups in total. The van der Waals surface area contributed by atoms with Gasteiger partial charge in [-0.2, -0.15) is 0 Å². The summed E-state index contributed by atoms with van der Waals surface area (Å²) in [5.74, 6) is -1.09. The topological polar surface area (TPSA) is 107 Å². The summed E-state index contributed by atoms with van der Waals surface area (Å²) < 4.78 is 17.5. The molecule has 0 saturated carbocycles. The maximum absolute atomic E-state index is 12.1. The predicted molar refractivity (Wildman–Crippen MR) is 75.7 cm³/mol. The van der Waals surface area contributed by atoms with Gasteiger partial charge in [-0.15, -0.1) is 0 Å². The van der Waals surface area contributed by atoms with E-state index in [0.717, 1.165) is 18.9 Å². The standard InChI is InChI=1S/C13H15NO6S/c15-13(16)12-9(3-1-5-11(12)14(17)18)7-21(19)8-10-4-2-6-20-10/h1,3,5,10H,2,4,6-8H2,(H,15,16). The Labute approximate surface area is 123 Å². The number of hydrogen-bond donors (Lipinski definition) is 1. The van der Waals surface area contributed by atoms with Crippen LogP contribution in [-0.2, 0) is 21.3 Å². The van der Waals surface area contributed by atoms with Gasteiger partial charge in [0.05, 0.1) is 16.8 Å². The lowest BCUT2D eigenvalue weighted by Crippen LogP contribution is -2.18. The summed E-state index contributed by atoms with van der Waals surface area (Å²) in [7, 11) is -1.32. The second kappa shape index (κ2) is 6.77. The Balaban J connectivity index is 2.18. The monoisotopic (exact) mass is 313 g/mol. The highest BCUT2D eigenvalue weighted by Crippen LogP contribution is 2.24. The number of benzene rings is 1. The number of nitrogens with zero attached hydrogens (tertiary/aromatic N) is 1. The minimum absolute atomic E-state index is 0.0246. The Hall–Kier alpha value is -1.80. The fourth-order valence-corrected chi connectivity index (χ4v) is 3.70. The van der Waals surface area contributed by atoms with Gasteiger partial charge < -0.3 is 9.84 Å². The molecule has 0 aliphatic carbocycles. The van der Waals surface area contributed by atoms with Crippen LogP contribution in [-0.4, -0.2) is 38.7 Å². The Kier molecular flexibility index (Phi) is 5.03. The maximum atomic E-state index is 12.1. The molecule has 0 radical (unpaired) electrons. The average Bonchev–Trinajstić information content (AvgIpc) is 2.90. The largest absolute Gasteiger partial charge is 0.477 e. The summed E-state index contributed by atoms with van der Waals surface area (Å²) in [6.07, 6.45) is 1.70. The summed E-state index contributed by atoms with van der Waals surface area (Å²) in [5, 5.41) is 20.1. The molecule has 1 aliphatic heterocycles. The summed E-state index contributed by atoms with van der Waals surface area (Å²) in [4.78, 5) is 21.4. The van der Waals surface area contributed by atoms with Gasteiger partial charge in [0.15, 0.2) is 0 Å². The van der Waals surface area contributed by atoms with E-state index in [1.165, 1.54) is 12.1 Å². The van der Waals surface area contributed by atoms with Crippen LogP contribution in [0.5, 0.6) is 0 Å². The molecule has 1 aromatic carbocycles. The smallest absolute Gasteiger partial charge is 0.343 e. The number of carboxylic acids is 1. The van der Waals surface area contributed by atoms with Crippen LogP contribution in [0, 0.1) is 10.1 Å². The first-order chi connectivity index (χ1) is 9.99. The zero-order chi connectivity index (χ0) is 15.4. The van der Waals surface area contributed by atoms with Crippen molar-refractivity contribution in [3.63, 3.8) is 0 Å². The van der Waals surface area contributed by atoms with E-state index in [0.29, 0.717) is 12.4 Å². The quantitative estimate of drug-likeness (QED) is 0.633. The molecule has 0 amide bonds. The second-order valence-electron chi connectivity index (χ2n) is 4.76. The molecule has 114 valence electrons. The van der Waals surface area contributed by atoms with E-state index in [9.17, 15) is 19.1 Å². The van der Waals surface area contributed by atoms with Crippen LogP contribution in [0.15, 0.2) is 18.2 Å². The van der Waals surface area contributed by atoms with Gasteiger partial charge in [0, 0.05) is 29.2 Å². The fraction of sp³-hybridized carbons (Fsp3) is 0.462. The van der Waals surface area contributed by atoms with Crippen molar-refractivity contribution in [2.45, 2.75) is 24.7 Å². The van der Waals surface area contributed by atoms with Gasteiger partial charge in [0.1, 0.15) is 5.56 Å². The fourth-order valence-electron chi connectivity index (χ4n) is 2.32. The molecule has 21 heavy (non-hydrogen) atoms. The highest BCUT2D eigenvalue weighted by atomic mass is 32.2. The molecule has 0 spiro atoms. The minimum Gasteiger partial charge on any atom is -0.477 e. The van der Waals surface area contributed by atoms with Crippen molar-refractivity contribution in [3.05, 3.63) is 39.4 Å². The van der Waals surface area contributed by atoms with E-state index < -0.39 is 27.4 Å². The van der Waals surface area contributed by atoms with Crippen molar-refractivity contribution in [1.82, 2.24) is 0 Å². The lowest BCUT2D eigenvalue weighted by Gasteiger charge is -2.10. The van der Waals surface area contributed by atoms with Crippen molar-refractivity contribution >= 4 is 22.5 Å². The first kappa shape index (κ1) is 15.6. The highest BCUT2D eigenvalue weighted by molar-refractivity contribution is 7.84. The minimum atomic E-state index is -1.38. The van der Waals surface area contributed by atoms with Crippen molar-refractivity contribution in [2.75, 3.05) is 12.4 Å². The highest BCUT2D eigenvalue weighted by Gasteiger charge is 2.25. The summed E-state index contributed by atoms with van der Waals surface area (Å²) in [6, 6.07) is 4.00. The first-order valence-corrected chi connectivity index (χ1v) is 7.94. The normalized spacial score (nSPS) is 19.3. The third kappa shape index (κ3) is 3.85. The van der Waals surface area contributed by atoms with Crippen molar-refractivity contribution in [1.29, 1.82) is 0 Å². The van der Waals surface area contributed by atoms with Gasteiger partial charge in [-0.25, -0.2) is 4.79 Å². The Morgan fingerprint density at radius 1 is 1.52 bits per heavy atom. The number of ether oxygens (including phenoxy) is 1. The molecule has 1 aliphatic rings. The van der Waals surface area contributed by atoms with Crippen LogP contribution in [0.3, 0.4) is 0 Å². The van der Waals surface area contributed by atoms with E-state index in [1.54, 1.807) is 0 Å². The summed E-state index contributed by atoms with van der Waals surface area (Å²) >= 11 is 0. The molecule has 8 heteroatoms. The Bertz CT molecular complexity index is 582. The molecule has 1 heterocycles. The van der Waals surface area contributed by atoms with Crippen LogP contribution in [0.1, 0.15) is 28.8 Å². The van der Waals surface area contributed by atoms with E-state index >= 15 is 0 Å². The van der Waals surface area contributed by atoms with Gasteiger partial charge in [0.2, 0.25) is 0 Å². The van der Waals surface area contributed by atoms with E-state index in [4.69, 9.17) is 9.84 Å². The first-order valence-electron chi connectivity index (χ1n) is 6.45. The van der Waals surface area contributed by atoms with Crippen LogP contribution < -0.4 is 0 Å². The summed E-state index contributed by atoms with van der Waals surface area (Å²) in [5.41, 5.74) is -0.648. The number of carboxylic acid groups (broad SMARTS) is 1. The number of aromatic carboxylic acids is 1. The number of hydrogen-bond acceptors (Lipinski definition) is 5. The molecule has 0 bridgehead atoms. The van der Waals surface area contributed by atoms with Gasteiger partial charge in [-0.3, -0.25) is 14.3 Å². The van der Waals surface area contributed by atoms with Crippen LogP contribution in [0.4, 0.5) is 5.69 Å². The van der Waals surface area contributed by atoms with Gasteiger partial charge in [0.25, 0.3) is 5.69 Å². The second-order valence-corrected chi connectivity index (χ2v) is 6.26. The molecule has 2 rings (SSSR count). The predicted octanol–water partition coefficient (Wildman–Crippen LogP) is 1.72. The SMILES string of the molecule is O=C(O)c1c(CS(=O)CC2CCCO2)cccc1[N+](=O)[O-]. The number of carbonyl (C=O) groups is 1. The van der Waals surface area contributed by atoms with Crippen molar-refractivity contribution in [3.8, 4) is 0 Å². The van der Waals surface area contributed by atoms with E-state index in [2.05, 4.69) is 0 Å². The lowest BCUT2D eigenvalue weighted by atomic mass is 10.1. The molecular formula is C13H15NO6S. The van der Waals surface area contributed by atoms with Crippen molar-refractivity contribution in [2.24, 2.45) is 0 Å². The molecular weight excluding hydrogens is 298 g/mol. The zero-order valence-corrected chi connectivity index (χ0v) is 12.0. The van der Waals surface area contributed by atoms with E-state index in [-0.39, 0.29) is 23.0 Å². The Morgan fingerprint density at radius 2 is 2.29 bits per heavy atom. The van der Waals surface area contributed by atoms with Gasteiger partial charge >= 0.3 is 5.97 Å². The molecule has 7 nitrogen and oxygen atoms in total. The van der Waals surface area contributed by atoms with Gasteiger partial charge in [-0.05, 0) is 18.4 Å². The summed E-state index contributed by atoms with van der Waals surface area (Å²) in [6.45, 7) is 0.652. The van der Waals surface area contributed by atoms with Crippen LogP contribution in [0.25, 0.3) is 0 Å². The zero-order valence-electron chi connectivity index (χ0n) is 11.2. The molecule has 1 fully saturated rings. The van der Waals surface area contributed by atoms with Crippen LogP contribution in [0.2, 0.25) is 0 Å². The number of nitro groups is 1. The molecule has 2 unspecified atom stereocenters. The lowest BCUT2D eigenvalue weighted by molar-refractivity contribution is -0.385. The van der Waals surface area contributed by atoms with Crippen LogP contribution >= 0.6 is 0 Å². The van der Waals surface area contributed by atoms with Crippen molar-refractivity contribution < 1.29 is 23.8 Å². The molecule has 2 atom stereocenters. The molecule has 0 aromatic heterocycles. The molecule has 1 aromatic rings. The number of rotatable bonds is 6. The number of nitro benzene ring substituents is 1. The Morgan fingerprint density at radius 3 is 2.86 bits per heavy atom. The van der Waals surface area contributed by atoms with Gasteiger partial charge in [-0.1, -0.05) is 12.1 Å². The average molecular weight is 313 g/mol. The maximum Gasteiger partial charge on any atom is 0.343 e. The third-order valence-electron chi connectivity index (χ3n) is 3.25.